The molecule has 1 aromatic carbocycles. The first kappa shape index (κ1) is 17.4. The fourth-order valence-corrected chi connectivity index (χ4v) is 3.05. The molecule has 4 heteroatoms. The average molecular weight is 336 g/mol. The lowest BCUT2D eigenvalue weighted by atomic mass is 10.1. The molecule has 0 aliphatic rings. The Hall–Kier alpha value is -2.46. The summed E-state index contributed by atoms with van der Waals surface area (Å²) in [4.78, 5) is 18.3. The van der Waals surface area contributed by atoms with E-state index < -0.39 is 0 Å². The molecule has 0 N–H and O–H groups in total. The molecule has 0 bridgehead atoms. The van der Waals surface area contributed by atoms with Crippen LogP contribution < -0.4 is 5.63 Å². The Morgan fingerprint density at radius 1 is 1.16 bits per heavy atom. The largest absolute Gasteiger partial charge is 0.423 e. The van der Waals surface area contributed by atoms with Crippen molar-refractivity contribution in [3.63, 3.8) is 0 Å². The molecule has 2 aromatic heterocycles. The number of rotatable bonds is 6. The Labute approximate surface area is 148 Å². The van der Waals surface area contributed by atoms with E-state index in [9.17, 15) is 4.79 Å². The highest BCUT2D eigenvalue weighted by Gasteiger charge is 2.14. The first-order chi connectivity index (χ1) is 12.1. The van der Waals surface area contributed by atoms with Gasteiger partial charge in [-0.1, -0.05) is 25.1 Å². The predicted molar refractivity (Wildman–Crippen MR) is 100 cm³/mol. The Balaban J connectivity index is 1.88. The molecule has 4 nitrogen and oxygen atoms in total. The first-order valence-corrected chi connectivity index (χ1v) is 8.73. The van der Waals surface area contributed by atoms with Gasteiger partial charge in [-0.3, -0.25) is 9.88 Å². The molecule has 2 heterocycles. The second-order valence-electron chi connectivity index (χ2n) is 6.60. The van der Waals surface area contributed by atoms with E-state index in [1.807, 2.05) is 31.3 Å². The Morgan fingerprint density at radius 3 is 2.68 bits per heavy atom. The molecule has 0 unspecified atom stereocenters. The summed E-state index contributed by atoms with van der Waals surface area (Å²) in [5, 5.41) is 0.991. The van der Waals surface area contributed by atoms with Crippen LogP contribution in [0.2, 0.25) is 0 Å². The summed E-state index contributed by atoms with van der Waals surface area (Å²) in [6, 6.07) is 12.2. The van der Waals surface area contributed by atoms with Crippen LogP contribution in [0.3, 0.4) is 0 Å². The van der Waals surface area contributed by atoms with E-state index in [4.69, 9.17) is 4.42 Å². The molecule has 0 amide bonds. The number of aromatic nitrogens is 1. The van der Waals surface area contributed by atoms with Gasteiger partial charge < -0.3 is 4.42 Å². The van der Waals surface area contributed by atoms with Crippen LogP contribution in [0.25, 0.3) is 11.0 Å². The monoisotopic (exact) mass is 336 g/mol. The van der Waals surface area contributed by atoms with Gasteiger partial charge in [0, 0.05) is 43.0 Å². The van der Waals surface area contributed by atoms with Crippen molar-refractivity contribution in [3.05, 3.63) is 75.9 Å². The molecule has 3 aromatic rings. The van der Waals surface area contributed by atoms with Crippen LogP contribution >= 0.6 is 0 Å². The summed E-state index contributed by atoms with van der Waals surface area (Å²) in [5.74, 6) is 0. The van der Waals surface area contributed by atoms with E-state index in [1.54, 1.807) is 6.20 Å². The third-order valence-electron chi connectivity index (χ3n) is 4.72. The predicted octanol–water partition coefficient (Wildman–Crippen LogP) is 4.30. The van der Waals surface area contributed by atoms with Crippen LogP contribution in [0.1, 0.15) is 37.0 Å². The van der Waals surface area contributed by atoms with Gasteiger partial charge in [0.1, 0.15) is 5.58 Å². The molecule has 0 spiro atoms. The Morgan fingerprint density at radius 2 is 1.96 bits per heavy atom. The SMILES string of the molecule is CC[C@@H](C)N(Cc1cccnc1)Cc1ccc2c(C)cc(=O)oc2c1. The van der Waals surface area contributed by atoms with E-state index in [1.165, 1.54) is 11.6 Å². The molecule has 0 fully saturated rings. The lowest BCUT2D eigenvalue weighted by molar-refractivity contribution is 0.186. The molecule has 0 aliphatic carbocycles. The highest BCUT2D eigenvalue weighted by atomic mass is 16.4. The van der Waals surface area contributed by atoms with Crippen molar-refractivity contribution < 1.29 is 4.42 Å². The van der Waals surface area contributed by atoms with Gasteiger partial charge in [-0.25, -0.2) is 4.79 Å². The second kappa shape index (κ2) is 7.62. The van der Waals surface area contributed by atoms with Crippen molar-refractivity contribution in [2.75, 3.05) is 0 Å². The quantitative estimate of drug-likeness (QED) is 0.630. The maximum atomic E-state index is 11.6. The van der Waals surface area contributed by atoms with Gasteiger partial charge in [0.2, 0.25) is 0 Å². The molecule has 3 rings (SSSR count). The van der Waals surface area contributed by atoms with E-state index >= 15 is 0 Å². The minimum atomic E-state index is -0.295. The minimum Gasteiger partial charge on any atom is -0.423 e. The van der Waals surface area contributed by atoms with Gasteiger partial charge in [-0.2, -0.15) is 0 Å². The maximum absolute atomic E-state index is 11.6. The number of nitrogens with zero attached hydrogens (tertiary/aromatic N) is 2. The smallest absolute Gasteiger partial charge is 0.336 e. The van der Waals surface area contributed by atoms with Gasteiger partial charge in [0.25, 0.3) is 0 Å². The van der Waals surface area contributed by atoms with E-state index in [0.717, 1.165) is 36.0 Å². The number of hydrogen-bond acceptors (Lipinski definition) is 4. The molecular formula is C21H24N2O2. The first-order valence-electron chi connectivity index (χ1n) is 8.73. The highest BCUT2D eigenvalue weighted by Crippen LogP contribution is 2.21. The van der Waals surface area contributed by atoms with Crippen molar-refractivity contribution in [2.24, 2.45) is 0 Å². The summed E-state index contributed by atoms with van der Waals surface area (Å²) >= 11 is 0. The lowest BCUT2D eigenvalue weighted by Gasteiger charge is -2.28. The zero-order valence-corrected chi connectivity index (χ0v) is 15.0. The summed E-state index contributed by atoms with van der Waals surface area (Å²) in [5.41, 5.74) is 3.66. The fraction of sp³-hybridized carbons (Fsp3) is 0.333. The summed E-state index contributed by atoms with van der Waals surface area (Å²) in [6.45, 7) is 8.02. The standard InChI is InChI=1S/C21H24N2O2/c1-4-16(3)23(14-18-6-5-9-22-12-18)13-17-7-8-19-15(2)10-21(24)25-20(19)11-17/h5-12,16H,4,13-14H2,1-3H3/t16-/m1/s1. The topological polar surface area (TPSA) is 46.3 Å². The van der Waals surface area contributed by atoms with Gasteiger partial charge in [0.05, 0.1) is 0 Å². The third kappa shape index (κ3) is 4.15. The number of pyridine rings is 1. The van der Waals surface area contributed by atoms with Crippen molar-refractivity contribution >= 4 is 11.0 Å². The van der Waals surface area contributed by atoms with Crippen LogP contribution in [0.5, 0.6) is 0 Å². The van der Waals surface area contributed by atoms with Gasteiger partial charge in [-0.05, 0) is 49.1 Å². The Kier molecular flexibility index (Phi) is 5.29. The minimum absolute atomic E-state index is 0.295. The summed E-state index contributed by atoms with van der Waals surface area (Å²) in [6.07, 6.45) is 4.78. The van der Waals surface area contributed by atoms with Crippen molar-refractivity contribution in [1.29, 1.82) is 0 Å². The van der Waals surface area contributed by atoms with Crippen LogP contribution in [0.15, 0.2) is 58.0 Å². The van der Waals surface area contributed by atoms with Crippen LogP contribution in [-0.2, 0) is 13.1 Å². The van der Waals surface area contributed by atoms with Gasteiger partial charge >= 0.3 is 5.63 Å². The molecule has 1 atom stereocenters. The average Bonchev–Trinajstić information content (AvgIpc) is 2.61. The van der Waals surface area contributed by atoms with E-state index in [2.05, 4.69) is 35.9 Å². The molecule has 0 saturated carbocycles. The molecule has 0 radical (unpaired) electrons. The number of hydrogen-bond donors (Lipinski definition) is 0. The van der Waals surface area contributed by atoms with Crippen LogP contribution in [-0.4, -0.2) is 15.9 Å². The van der Waals surface area contributed by atoms with Crippen LogP contribution in [0.4, 0.5) is 0 Å². The van der Waals surface area contributed by atoms with Crippen molar-refractivity contribution in [1.82, 2.24) is 9.88 Å². The molecule has 0 aliphatic heterocycles. The number of aryl methyl sites for hydroxylation is 1. The molecule has 25 heavy (non-hydrogen) atoms. The molecular weight excluding hydrogens is 312 g/mol. The zero-order valence-electron chi connectivity index (χ0n) is 15.0. The van der Waals surface area contributed by atoms with Crippen LogP contribution in [0, 0.1) is 6.92 Å². The summed E-state index contributed by atoms with van der Waals surface area (Å²) in [7, 11) is 0. The van der Waals surface area contributed by atoms with Crippen molar-refractivity contribution in [2.45, 2.75) is 46.3 Å². The van der Waals surface area contributed by atoms with E-state index in [-0.39, 0.29) is 5.63 Å². The summed E-state index contributed by atoms with van der Waals surface area (Å²) < 4.78 is 5.39. The lowest BCUT2D eigenvalue weighted by Crippen LogP contribution is -2.31. The normalized spacial score (nSPS) is 12.6. The highest BCUT2D eigenvalue weighted by molar-refractivity contribution is 5.80. The van der Waals surface area contributed by atoms with Gasteiger partial charge in [0.15, 0.2) is 0 Å². The second-order valence-corrected chi connectivity index (χ2v) is 6.60. The maximum Gasteiger partial charge on any atom is 0.336 e. The number of fused-ring (bicyclic) bond motifs is 1. The number of benzene rings is 1. The molecule has 0 saturated heterocycles. The van der Waals surface area contributed by atoms with Crippen molar-refractivity contribution in [3.8, 4) is 0 Å². The third-order valence-corrected chi connectivity index (χ3v) is 4.72. The Bertz CT molecular complexity index is 903. The fourth-order valence-electron chi connectivity index (χ4n) is 3.05. The molecule has 130 valence electrons. The zero-order chi connectivity index (χ0) is 17.8. The van der Waals surface area contributed by atoms with Gasteiger partial charge in [-0.15, -0.1) is 0 Å². The van der Waals surface area contributed by atoms with E-state index in [0.29, 0.717) is 11.6 Å².